The maximum atomic E-state index is 12.4. The van der Waals surface area contributed by atoms with E-state index in [0.29, 0.717) is 13.0 Å². The van der Waals surface area contributed by atoms with Gasteiger partial charge in [-0.2, -0.15) is 0 Å². The van der Waals surface area contributed by atoms with Gasteiger partial charge < -0.3 is 15.5 Å². The van der Waals surface area contributed by atoms with Crippen molar-refractivity contribution in [1.82, 2.24) is 14.9 Å². The van der Waals surface area contributed by atoms with E-state index < -0.39 is 0 Å². The van der Waals surface area contributed by atoms with E-state index in [1.54, 1.807) is 12.4 Å². The topological polar surface area (TPSA) is 75.4 Å². The molecule has 1 saturated heterocycles. The molecule has 1 aromatic rings. The molecule has 1 amide bonds. The van der Waals surface area contributed by atoms with Crippen molar-refractivity contribution in [3.63, 3.8) is 0 Å². The number of nitrogens with two attached hydrogens (primary N) is 1. The van der Waals surface area contributed by atoms with Crippen LogP contribution in [-0.2, 0) is 4.79 Å². The fourth-order valence-electron chi connectivity index (χ4n) is 3.17. The Morgan fingerprint density at radius 2 is 1.86 bits per heavy atom. The summed E-state index contributed by atoms with van der Waals surface area (Å²) >= 11 is 0. The number of carbonyl (C=O) groups excluding carboxylic acids is 1. The van der Waals surface area contributed by atoms with Crippen LogP contribution in [0.3, 0.4) is 0 Å². The SMILES string of the molecule is NCC1(CC(=O)N2CCN(c3ncccn3)CC2)CCC1. The zero-order valence-corrected chi connectivity index (χ0v) is 12.4. The molecule has 0 unspecified atom stereocenters. The average Bonchev–Trinajstić information content (AvgIpc) is 2.52. The van der Waals surface area contributed by atoms with Gasteiger partial charge in [0, 0.05) is 45.0 Å². The molecule has 0 aromatic carbocycles. The first-order valence-electron chi connectivity index (χ1n) is 7.72. The van der Waals surface area contributed by atoms with Crippen LogP contribution in [0.5, 0.6) is 0 Å². The number of rotatable bonds is 4. The average molecular weight is 289 g/mol. The van der Waals surface area contributed by atoms with E-state index in [2.05, 4.69) is 14.9 Å². The Morgan fingerprint density at radius 3 is 2.38 bits per heavy atom. The van der Waals surface area contributed by atoms with Gasteiger partial charge in [-0.3, -0.25) is 4.79 Å². The highest BCUT2D eigenvalue weighted by Gasteiger charge is 2.39. The molecule has 0 radical (unpaired) electrons. The third-order valence-electron chi connectivity index (χ3n) is 4.84. The number of hydrogen-bond donors (Lipinski definition) is 1. The molecule has 2 aliphatic rings. The van der Waals surface area contributed by atoms with Crippen molar-refractivity contribution < 1.29 is 4.79 Å². The summed E-state index contributed by atoms with van der Waals surface area (Å²) in [5.41, 5.74) is 5.94. The lowest BCUT2D eigenvalue weighted by Gasteiger charge is -2.42. The van der Waals surface area contributed by atoms with E-state index in [-0.39, 0.29) is 11.3 Å². The van der Waals surface area contributed by atoms with Crippen molar-refractivity contribution in [2.75, 3.05) is 37.6 Å². The molecule has 1 aromatic heterocycles. The molecule has 21 heavy (non-hydrogen) atoms. The molecule has 1 saturated carbocycles. The van der Waals surface area contributed by atoms with Crippen LogP contribution in [0.15, 0.2) is 18.5 Å². The van der Waals surface area contributed by atoms with Crippen molar-refractivity contribution in [3.8, 4) is 0 Å². The highest BCUT2D eigenvalue weighted by molar-refractivity contribution is 5.77. The van der Waals surface area contributed by atoms with Gasteiger partial charge in [-0.15, -0.1) is 0 Å². The van der Waals surface area contributed by atoms with Gasteiger partial charge in [0.15, 0.2) is 0 Å². The quantitative estimate of drug-likeness (QED) is 0.880. The largest absolute Gasteiger partial charge is 0.339 e. The number of amides is 1. The van der Waals surface area contributed by atoms with Crippen molar-refractivity contribution in [2.24, 2.45) is 11.1 Å². The van der Waals surface area contributed by atoms with Gasteiger partial charge in [0.2, 0.25) is 11.9 Å². The third-order valence-corrected chi connectivity index (χ3v) is 4.84. The Hall–Kier alpha value is -1.69. The lowest BCUT2D eigenvalue weighted by atomic mass is 9.66. The minimum absolute atomic E-state index is 0.0940. The van der Waals surface area contributed by atoms with Gasteiger partial charge in [-0.05, 0) is 30.9 Å². The van der Waals surface area contributed by atoms with Crippen molar-refractivity contribution in [1.29, 1.82) is 0 Å². The van der Waals surface area contributed by atoms with Crippen LogP contribution in [-0.4, -0.2) is 53.5 Å². The Bertz CT molecular complexity index is 475. The summed E-state index contributed by atoms with van der Waals surface area (Å²) < 4.78 is 0. The second-order valence-corrected chi connectivity index (χ2v) is 6.15. The first-order valence-corrected chi connectivity index (χ1v) is 7.72. The summed E-state index contributed by atoms with van der Waals surface area (Å²) in [4.78, 5) is 25.1. The maximum Gasteiger partial charge on any atom is 0.225 e. The lowest BCUT2D eigenvalue weighted by molar-refractivity contribution is -0.135. The maximum absolute atomic E-state index is 12.4. The summed E-state index contributed by atoms with van der Waals surface area (Å²) in [7, 11) is 0. The van der Waals surface area contributed by atoms with E-state index in [0.717, 1.165) is 45.0 Å². The number of hydrogen-bond acceptors (Lipinski definition) is 5. The second kappa shape index (κ2) is 5.97. The molecule has 0 bridgehead atoms. The van der Waals surface area contributed by atoms with Crippen LogP contribution in [0, 0.1) is 5.41 Å². The molecule has 2 N–H and O–H groups in total. The third kappa shape index (κ3) is 3.00. The number of piperazine rings is 1. The number of nitrogens with zero attached hydrogens (tertiary/aromatic N) is 4. The Labute approximate surface area is 125 Å². The highest BCUT2D eigenvalue weighted by atomic mass is 16.2. The fourth-order valence-corrected chi connectivity index (χ4v) is 3.17. The minimum Gasteiger partial charge on any atom is -0.339 e. The summed E-state index contributed by atoms with van der Waals surface area (Å²) in [6, 6.07) is 1.81. The lowest BCUT2D eigenvalue weighted by Crippen LogP contribution is -2.51. The van der Waals surface area contributed by atoms with Crippen LogP contribution in [0.2, 0.25) is 0 Å². The first kappa shape index (κ1) is 14.3. The van der Waals surface area contributed by atoms with Gasteiger partial charge in [0.1, 0.15) is 0 Å². The molecular formula is C15H23N5O. The number of anilines is 1. The molecule has 0 atom stereocenters. The smallest absolute Gasteiger partial charge is 0.225 e. The summed E-state index contributed by atoms with van der Waals surface area (Å²) in [5, 5.41) is 0. The normalized spacial score (nSPS) is 21.0. The summed E-state index contributed by atoms with van der Waals surface area (Å²) in [6.45, 7) is 3.72. The standard InChI is InChI=1S/C15H23N5O/c16-12-15(3-1-4-15)11-13(21)19-7-9-20(10-8-19)14-17-5-2-6-18-14/h2,5-6H,1,3-4,7-12,16H2. The van der Waals surface area contributed by atoms with Crippen LogP contribution in [0.1, 0.15) is 25.7 Å². The number of carbonyl (C=O) groups is 1. The molecule has 6 heteroatoms. The molecule has 2 fully saturated rings. The molecular weight excluding hydrogens is 266 g/mol. The highest BCUT2D eigenvalue weighted by Crippen LogP contribution is 2.43. The van der Waals surface area contributed by atoms with E-state index in [9.17, 15) is 4.79 Å². The predicted octanol–water partition coefficient (Wildman–Crippen LogP) is 0.644. The van der Waals surface area contributed by atoms with Crippen molar-refractivity contribution >= 4 is 11.9 Å². The van der Waals surface area contributed by atoms with Gasteiger partial charge in [0.25, 0.3) is 0 Å². The Morgan fingerprint density at radius 1 is 1.19 bits per heavy atom. The van der Waals surface area contributed by atoms with Crippen LogP contribution >= 0.6 is 0 Å². The monoisotopic (exact) mass is 289 g/mol. The predicted molar refractivity (Wildman–Crippen MR) is 80.8 cm³/mol. The zero-order chi connectivity index (χ0) is 14.7. The second-order valence-electron chi connectivity index (χ2n) is 6.15. The molecule has 1 aliphatic heterocycles. The molecule has 1 aliphatic carbocycles. The molecule has 6 nitrogen and oxygen atoms in total. The van der Waals surface area contributed by atoms with Gasteiger partial charge in [0.05, 0.1) is 0 Å². The van der Waals surface area contributed by atoms with Crippen LogP contribution in [0.25, 0.3) is 0 Å². The zero-order valence-electron chi connectivity index (χ0n) is 12.4. The van der Waals surface area contributed by atoms with Crippen LogP contribution < -0.4 is 10.6 Å². The molecule has 114 valence electrons. The van der Waals surface area contributed by atoms with E-state index in [1.165, 1.54) is 6.42 Å². The molecule has 0 spiro atoms. The first-order chi connectivity index (χ1) is 10.2. The van der Waals surface area contributed by atoms with E-state index >= 15 is 0 Å². The van der Waals surface area contributed by atoms with Crippen molar-refractivity contribution in [2.45, 2.75) is 25.7 Å². The fraction of sp³-hybridized carbons (Fsp3) is 0.667. The van der Waals surface area contributed by atoms with Gasteiger partial charge in [-0.25, -0.2) is 9.97 Å². The molecule has 3 rings (SSSR count). The Balaban J connectivity index is 1.52. The summed E-state index contributed by atoms with van der Waals surface area (Å²) in [5.74, 6) is 1.01. The minimum atomic E-state index is 0.0940. The van der Waals surface area contributed by atoms with E-state index in [1.807, 2.05) is 11.0 Å². The van der Waals surface area contributed by atoms with Gasteiger partial charge >= 0.3 is 0 Å². The number of aromatic nitrogens is 2. The van der Waals surface area contributed by atoms with Crippen molar-refractivity contribution in [3.05, 3.63) is 18.5 Å². The Kier molecular flexibility index (Phi) is 4.05. The molecule has 2 heterocycles. The summed E-state index contributed by atoms with van der Waals surface area (Å²) in [6.07, 6.45) is 7.54. The van der Waals surface area contributed by atoms with Gasteiger partial charge in [-0.1, -0.05) is 6.42 Å². The van der Waals surface area contributed by atoms with E-state index in [4.69, 9.17) is 5.73 Å². The van der Waals surface area contributed by atoms with Crippen LogP contribution in [0.4, 0.5) is 5.95 Å².